The molecule has 2 aliphatic heterocycles. The summed E-state index contributed by atoms with van der Waals surface area (Å²) >= 11 is 0. The first kappa shape index (κ1) is 16.5. The van der Waals surface area contributed by atoms with Gasteiger partial charge < -0.3 is 9.80 Å². The summed E-state index contributed by atoms with van der Waals surface area (Å²) < 4.78 is 0. The Kier molecular flexibility index (Phi) is 6.25. The Balaban J connectivity index is 0.000000774. The van der Waals surface area contributed by atoms with Crippen molar-refractivity contribution in [3.05, 3.63) is 35.4 Å². The van der Waals surface area contributed by atoms with Crippen molar-refractivity contribution in [2.45, 2.75) is 39.5 Å². The van der Waals surface area contributed by atoms with Crippen LogP contribution in [0.4, 0.5) is 0 Å². The molecule has 0 unspecified atom stereocenters. The number of nitrogens with zero attached hydrogens (tertiary/aromatic N) is 2. The number of hydrogen-bond donors (Lipinski definition) is 0. The second-order valence-corrected chi connectivity index (χ2v) is 6.57. The number of likely N-dealkylation sites (tertiary alicyclic amines) is 2. The van der Waals surface area contributed by atoms with Crippen molar-refractivity contribution < 1.29 is 0 Å². The quantitative estimate of drug-likeness (QED) is 0.835. The zero-order chi connectivity index (χ0) is 15.2. The van der Waals surface area contributed by atoms with E-state index in [1.165, 1.54) is 51.1 Å². The van der Waals surface area contributed by atoms with E-state index in [0.29, 0.717) is 0 Å². The van der Waals surface area contributed by atoms with E-state index in [1.54, 1.807) is 5.56 Å². The van der Waals surface area contributed by atoms with E-state index in [4.69, 9.17) is 0 Å². The lowest BCUT2D eigenvalue weighted by atomic mass is 9.88. The molecule has 3 rings (SSSR count). The topological polar surface area (TPSA) is 6.48 Å². The molecule has 2 saturated heterocycles. The third-order valence-electron chi connectivity index (χ3n) is 4.79. The van der Waals surface area contributed by atoms with Gasteiger partial charge in [0.15, 0.2) is 0 Å². The van der Waals surface area contributed by atoms with Crippen LogP contribution in [0.3, 0.4) is 0 Å². The van der Waals surface area contributed by atoms with Gasteiger partial charge in [0, 0.05) is 19.6 Å². The molecule has 1 aromatic carbocycles. The molecule has 2 heteroatoms. The Morgan fingerprint density at radius 2 is 1.57 bits per heavy atom. The molecule has 0 aromatic heterocycles. The average molecular weight is 288 g/mol. The Hall–Kier alpha value is -0.860. The summed E-state index contributed by atoms with van der Waals surface area (Å²) in [6.45, 7) is 12.7. The van der Waals surface area contributed by atoms with Gasteiger partial charge in [-0.25, -0.2) is 0 Å². The molecular weight excluding hydrogens is 256 g/mol. The van der Waals surface area contributed by atoms with Gasteiger partial charge in [-0.2, -0.15) is 0 Å². The first-order valence-corrected chi connectivity index (χ1v) is 8.68. The largest absolute Gasteiger partial charge is 0.306 e. The van der Waals surface area contributed by atoms with Crippen molar-refractivity contribution in [3.63, 3.8) is 0 Å². The van der Waals surface area contributed by atoms with Crippen LogP contribution in [-0.4, -0.2) is 49.6 Å². The Labute approximate surface area is 131 Å². The van der Waals surface area contributed by atoms with E-state index >= 15 is 0 Å². The minimum atomic E-state index is 0.793. The standard InChI is InChI=1S/C17H26N2.C2H6/c1-14-3-5-16(6-4-14)17-7-9-19(10-8-17)13-15-11-18(2)12-15;1-2/h3-6,15,17H,7-13H2,1-2H3;1-2H3. The highest BCUT2D eigenvalue weighted by Gasteiger charge is 2.27. The fraction of sp³-hybridized carbons (Fsp3) is 0.684. The molecular formula is C19H32N2. The van der Waals surface area contributed by atoms with Gasteiger partial charge in [0.05, 0.1) is 0 Å². The van der Waals surface area contributed by atoms with E-state index in [2.05, 4.69) is 48.0 Å². The minimum Gasteiger partial charge on any atom is -0.306 e. The van der Waals surface area contributed by atoms with Crippen LogP contribution in [0, 0.1) is 12.8 Å². The van der Waals surface area contributed by atoms with E-state index in [-0.39, 0.29) is 0 Å². The van der Waals surface area contributed by atoms with Crippen molar-refractivity contribution in [1.82, 2.24) is 9.80 Å². The second kappa shape index (κ2) is 7.95. The number of aryl methyl sites for hydroxylation is 1. The maximum atomic E-state index is 2.68. The summed E-state index contributed by atoms with van der Waals surface area (Å²) in [7, 11) is 2.22. The normalized spacial score (nSPS) is 21.5. The molecule has 21 heavy (non-hydrogen) atoms. The van der Waals surface area contributed by atoms with Crippen molar-refractivity contribution in [3.8, 4) is 0 Å². The molecule has 2 fully saturated rings. The minimum absolute atomic E-state index is 0.793. The number of piperidine rings is 1. The van der Waals surface area contributed by atoms with Gasteiger partial charge in [0.25, 0.3) is 0 Å². The van der Waals surface area contributed by atoms with Gasteiger partial charge >= 0.3 is 0 Å². The third kappa shape index (κ3) is 4.55. The zero-order valence-electron chi connectivity index (χ0n) is 14.3. The summed E-state index contributed by atoms with van der Waals surface area (Å²) in [6.07, 6.45) is 2.68. The predicted octanol–water partition coefficient (Wildman–Crippen LogP) is 3.76. The molecule has 0 aliphatic carbocycles. The van der Waals surface area contributed by atoms with Crippen LogP contribution >= 0.6 is 0 Å². The van der Waals surface area contributed by atoms with Crippen LogP contribution in [0.15, 0.2) is 24.3 Å². The molecule has 2 heterocycles. The maximum Gasteiger partial charge on any atom is 0.00342 e. The number of benzene rings is 1. The average Bonchev–Trinajstić information content (AvgIpc) is 2.49. The van der Waals surface area contributed by atoms with Crippen molar-refractivity contribution in [2.75, 3.05) is 39.8 Å². The van der Waals surface area contributed by atoms with E-state index in [9.17, 15) is 0 Å². The summed E-state index contributed by atoms with van der Waals surface area (Å²) in [6, 6.07) is 9.17. The highest BCUT2D eigenvalue weighted by atomic mass is 15.2. The molecule has 0 radical (unpaired) electrons. The van der Waals surface area contributed by atoms with Crippen LogP contribution in [0.25, 0.3) is 0 Å². The van der Waals surface area contributed by atoms with Gasteiger partial charge in [0.2, 0.25) is 0 Å². The molecule has 0 atom stereocenters. The van der Waals surface area contributed by atoms with Crippen molar-refractivity contribution in [1.29, 1.82) is 0 Å². The smallest absolute Gasteiger partial charge is 0.00342 e. The number of rotatable bonds is 3. The Morgan fingerprint density at radius 1 is 1.00 bits per heavy atom. The van der Waals surface area contributed by atoms with Gasteiger partial charge in [-0.3, -0.25) is 0 Å². The highest BCUT2D eigenvalue weighted by Crippen LogP contribution is 2.29. The van der Waals surface area contributed by atoms with Crippen LogP contribution < -0.4 is 0 Å². The second-order valence-electron chi connectivity index (χ2n) is 6.57. The SMILES string of the molecule is CC.Cc1ccc(C2CCN(CC3CN(C)C3)CC2)cc1. The van der Waals surface area contributed by atoms with Gasteiger partial charge in [-0.15, -0.1) is 0 Å². The monoisotopic (exact) mass is 288 g/mol. The van der Waals surface area contributed by atoms with Crippen molar-refractivity contribution in [2.24, 2.45) is 5.92 Å². The Bertz CT molecular complexity index is 398. The van der Waals surface area contributed by atoms with Gasteiger partial charge in [0.1, 0.15) is 0 Å². The lowest BCUT2D eigenvalue weighted by molar-refractivity contribution is 0.0798. The van der Waals surface area contributed by atoms with Crippen LogP contribution in [-0.2, 0) is 0 Å². The van der Waals surface area contributed by atoms with Crippen molar-refractivity contribution >= 4 is 0 Å². The molecule has 0 amide bonds. The summed E-state index contributed by atoms with van der Waals surface area (Å²) in [5, 5.41) is 0. The van der Waals surface area contributed by atoms with E-state index in [1.807, 2.05) is 13.8 Å². The summed E-state index contributed by atoms with van der Waals surface area (Å²) in [4.78, 5) is 5.10. The van der Waals surface area contributed by atoms with E-state index in [0.717, 1.165) is 11.8 Å². The van der Waals surface area contributed by atoms with Gasteiger partial charge in [-0.05, 0) is 57.3 Å². The summed E-state index contributed by atoms with van der Waals surface area (Å²) in [5.74, 6) is 1.72. The van der Waals surface area contributed by atoms with Crippen LogP contribution in [0.2, 0.25) is 0 Å². The van der Waals surface area contributed by atoms with Crippen LogP contribution in [0.1, 0.15) is 43.7 Å². The first-order valence-electron chi connectivity index (χ1n) is 8.68. The third-order valence-corrected chi connectivity index (χ3v) is 4.79. The van der Waals surface area contributed by atoms with Gasteiger partial charge in [-0.1, -0.05) is 43.7 Å². The fourth-order valence-electron chi connectivity index (χ4n) is 3.60. The zero-order valence-corrected chi connectivity index (χ0v) is 14.3. The molecule has 1 aromatic rings. The lowest BCUT2D eigenvalue weighted by Crippen LogP contribution is -2.50. The maximum absolute atomic E-state index is 2.68. The molecule has 2 nitrogen and oxygen atoms in total. The number of hydrogen-bond acceptors (Lipinski definition) is 2. The molecule has 0 bridgehead atoms. The first-order chi connectivity index (χ1) is 10.2. The lowest BCUT2D eigenvalue weighted by Gasteiger charge is -2.41. The molecule has 0 spiro atoms. The molecule has 118 valence electrons. The van der Waals surface area contributed by atoms with E-state index < -0.39 is 0 Å². The van der Waals surface area contributed by atoms with Crippen LogP contribution in [0.5, 0.6) is 0 Å². The predicted molar refractivity (Wildman–Crippen MR) is 91.9 cm³/mol. The summed E-state index contributed by atoms with van der Waals surface area (Å²) in [5.41, 5.74) is 2.92. The Morgan fingerprint density at radius 3 is 2.10 bits per heavy atom. The molecule has 2 aliphatic rings. The molecule has 0 N–H and O–H groups in total. The fourth-order valence-corrected chi connectivity index (χ4v) is 3.60. The molecule has 0 saturated carbocycles. The highest BCUT2D eigenvalue weighted by molar-refractivity contribution is 5.24.